The van der Waals surface area contributed by atoms with Gasteiger partial charge < -0.3 is 10.1 Å². The number of hydrogen-bond donors (Lipinski definition) is 1. The van der Waals surface area contributed by atoms with Gasteiger partial charge in [0.2, 0.25) is 0 Å². The molecule has 23 heavy (non-hydrogen) atoms. The summed E-state index contributed by atoms with van der Waals surface area (Å²) in [5.74, 6) is 0. The van der Waals surface area contributed by atoms with Gasteiger partial charge in [0.25, 0.3) is 0 Å². The molecule has 2 aromatic rings. The third-order valence-corrected chi connectivity index (χ3v) is 4.67. The number of benzene rings is 2. The highest BCUT2D eigenvalue weighted by molar-refractivity contribution is 9.10. The van der Waals surface area contributed by atoms with E-state index in [1.807, 2.05) is 30.3 Å². The lowest BCUT2D eigenvalue weighted by atomic mass is 9.99. The van der Waals surface area contributed by atoms with E-state index in [1.54, 1.807) is 0 Å². The molecule has 4 heteroatoms. The maximum Gasteiger partial charge on any atom is 0.407 e. The van der Waals surface area contributed by atoms with E-state index in [0.29, 0.717) is 6.61 Å². The van der Waals surface area contributed by atoms with E-state index in [9.17, 15) is 4.79 Å². The Labute approximate surface area is 145 Å². The van der Waals surface area contributed by atoms with Gasteiger partial charge in [-0.2, -0.15) is 0 Å². The molecule has 1 amide bonds. The fourth-order valence-electron chi connectivity index (χ4n) is 2.99. The van der Waals surface area contributed by atoms with Gasteiger partial charge in [-0.1, -0.05) is 58.7 Å². The van der Waals surface area contributed by atoms with Gasteiger partial charge in [0.05, 0.1) is 6.04 Å². The maximum atomic E-state index is 12.1. The van der Waals surface area contributed by atoms with Gasteiger partial charge in [0.15, 0.2) is 0 Å². The van der Waals surface area contributed by atoms with Crippen LogP contribution in [0.5, 0.6) is 0 Å². The van der Waals surface area contributed by atoms with Crippen molar-refractivity contribution in [1.82, 2.24) is 5.32 Å². The van der Waals surface area contributed by atoms with Gasteiger partial charge in [-0.25, -0.2) is 4.79 Å². The van der Waals surface area contributed by atoms with Crippen molar-refractivity contribution < 1.29 is 9.53 Å². The second-order valence-corrected chi connectivity index (χ2v) is 6.76. The summed E-state index contributed by atoms with van der Waals surface area (Å²) in [6.45, 7) is 0.296. The first kappa shape index (κ1) is 16.1. The number of carbonyl (C=O) groups is 1. The van der Waals surface area contributed by atoms with E-state index in [2.05, 4.69) is 39.4 Å². The predicted molar refractivity (Wildman–Crippen MR) is 94.2 cm³/mol. The molecule has 1 atom stereocenters. The number of carbonyl (C=O) groups excluding carboxylic acids is 1. The number of nitrogens with one attached hydrogen (secondary N) is 1. The van der Waals surface area contributed by atoms with Crippen LogP contribution in [0.15, 0.2) is 53.0 Å². The fraction of sp³-hybridized carbons (Fsp3) is 0.316. The Kier molecular flexibility index (Phi) is 5.34. The van der Waals surface area contributed by atoms with Gasteiger partial charge in [-0.05, 0) is 48.1 Å². The zero-order valence-electron chi connectivity index (χ0n) is 12.9. The van der Waals surface area contributed by atoms with Crippen molar-refractivity contribution in [2.75, 3.05) is 0 Å². The minimum Gasteiger partial charge on any atom is -0.445 e. The molecular formula is C19H20BrNO2. The second kappa shape index (κ2) is 7.64. The number of alkyl carbamates (subject to hydrolysis) is 1. The largest absolute Gasteiger partial charge is 0.445 e. The molecule has 0 fully saturated rings. The van der Waals surface area contributed by atoms with Crippen LogP contribution in [0, 0.1) is 0 Å². The molecule has 2 aromatic carbocycles. The Balaban J connectivity index is 1.65. The maximum absolute atomic E-state index is 12.1. The van der Waals surface area contributed by atoms with Crippen molar-refractivity contribution in [3.63, 3.8) is 0 Å². The molecule has 3 nitrogen and oxygen atoms in total. The van der Waals surface area contributed by atoms with E-state index in [-0.39, 0.29) is 12.1 Å². The molecule has 0 bridgehead atoms. The van der Waals surface area contributed by atoms with Gasteiger partial charge in [-0.3, -0.25) is 0 Å². The molecule has 0 heterocycles. The Bertz CT molecular complexity index is 672. The summed E-state index contributed by atoms with van der Waals surface area (Å²) in [5, 5.41) is 3.03. The van der Waals surface area contributed by atoms with Crippen molar-refractivity contribution in [3.05, 3.63) is 69.7 Å². The van der Waals surface area contributed by atoms with E-state index < -0.39 is 0 Å². The van der Waals surface area contributed by atoms with Crippen LogP contribution in [-0.4, -0.2) is 6.09 Å². The summed E-state index contributed by atoms with van der Waals surface area (Å²) in [7, 11) is 0. The summed E-state index contributed by atoms with van der Waals surface area (Å²) in [5.41, 5.74) is 3.51. The summed E-state index contributed by atoms with van der Waals surface area (Å²) in [4.78, 5) is 12.1. The summed E-state index contributed by atoms with van der Waals surface area (Å²) < 4.78 is 6.40. The molecule has 3 rings (SSSR count). The van der Waals surface area contributed by atoms with Crippen LogP contribution < -0.4 is 5.32 Å². The summed E-state index contributed by atoms with van der Waals surface area (Å²) in [6, 6.07) is 16.1. The smallest absolute Gasteiger partial charge is 0.407 e. The Morgan fingerprint density at radius 3 is 2.83 bits per heavy atom. The van der Waals surface area contributed by atoms with E-state index in [4.69, 9.17) is 4.74 Å². The lowest BCUT2D eigenvalue weighted by Crippen LogP contribution is -2.29. The number of ether oxygens (including phenoxy) is 1. The van der Waals surface area contributed by atoms with Crippen molar-refractivity contribution in [1.29, 1.82) is 0 Å². The van der Waals surface area contributed by atoms with Crippen LogP contribution >= 0.6 is 15.9 Å². The quantitative estimate of drug-likeness (QED) is 0.756. The average molecular weight is 374 g/mol. The van der Waals surface area contributed by atoms with Crippen LogP contribution in [-0.2, 0) is 17.8 Å². The standard InChI is InChI=1S/C19H20BrNO2/c20-16-11-10-15-8-4-5-9-18(17(15)12-16)21-19(22)23-13-14-6-2-1-3-7-14/h1-3,6-7,10-12,18H,4-5,8-9,13H2,(H,21,22). The van der Waals surface area contributed by atoms with Crippen LogP contribution in [0.3, 0.4) is 0 Å². The normalized spacial score (nSPS) is 17.0. The number of amides is 1. The van der Waals surface area contributed by atoms with E-state index in [0.717, 1.165) is 35.7 Å². The fourth-order valence-corrected chi connectivity index (χ4v) is 3.37. The monoisotopic (exact) mass is 373 g/mol. The van der Waals surface area contributed by atoms with Gasteiger partial charge in [0.1, 0.15) is 6.61 Å². The molecule has 1 unspecified atom stereocenters. The lowest BCUT2D eigenvalue weighted by Gasteiger charge is -2.19. The Morgan fingerprint density at radius 2 is 2.00 bits per heavy atom. The van der Waals surface area contributed by atoms with E-state index in [1.165, 1.54) is 11.1 Å². The molecule has 0 saturated carbocycles. The number of rotatable bonds is 3. The first-order valence-corrected chi connectivity index (χ1v) is 8.77. The zero-order chi connectivity index (χ0) is 16.1. The average Bonchev–Trinajstić information content (AvgIpc) is 2.76. The molecule has 1 aliphatic rings. The van der Waals surface area contributed by atoms with Crippen molar-refractivity contribution >= 4 is 22.0 Å². The molecule has 1 aliphatic carbocycles. The molecule has 0 aliphatic heterocycles. The second-order valence-electron chi connectivity index (χ2n) is 5.85. The zero-order valence-corrected chi connectivity index (χ0v) is 14.5. The van der Waals surface area contributed by atoms with Crippen LogP contribution in [0.2, 0.25) is 0 Å². The molecule has 120 valence electrons. The van der Waals surface area contributed by atoms with Crippen LogP contribution in [0.1, 0.15) is 42.0 Å². The molecule has 1 N–H and O–H groups in total. The van der Waals surface area contributed by atoms with E-state index >= 15 is 0 Å². The van der Waals surface area contributed by atoms with Crippen molar-refractivity contribution in [2.24, 2.45) is 0 Å². The van der Waals surface area contributed by atoms with Gasteiger partial charge >= 0.3 is 6.09 Å². The Morgan fingerprint density at radius 1 is 1.17 bits per heavy atom. The van der Waals surface area contributed by atoms with Gasteiger partial charge in [-0.15, -0.1) is 0 Å². The molecular weight excluding hydrogens is 354 g/mol. The third kappa shape index (κ3) is 4.35. The first-order chi connectivity index (χ1) is 11.2. The lowest BCUT2D eigenvalue weighted by molar-refractivity contribution is 0.135. The number of hydrogen-bond acceptors (Lipinski definition) is 2. The minimum atomic E-state index is -0.355. The van der Waals surface area contributed by atoms with Crippen LogP contribution in [0.4, 0.5) is 4.79 Å². The SMILES string of the molecule is O=C(NC1CCCCc2ccc(Br)cc21)OCc1ccccc1. The number of aryl methyl sites for hydroxylation is 1. The highest BCUT2D eigenvalue weighted by Gasteiger charge is 2.21. The minimum absolute atomic E-state index is 0.0215. The van der Waals surface area contributed by atoms with Gasteiger partial charge in [0, 0.05) is 4.47 Å². The Hall–Kier alpha value is -1.81. The number of fused-ring (bicyclic) bond motifs is 1. The molecule has 0 spiro atoms. The highest BCUT2D eigenvalue weighted by atomic mass is 79.9. The molecule has 0 saturated heterocycles. The van der Waals surface area contributed by atoms with Crippen molar-refractivity contribution in [2.45, 2.75) is 38.3 Å². The topological polar surface area (TPSA) is 38.3 Å². The number of halogens is 1. The van der Waals surface area contributed by atoms with Crippen LogP contribution in [0.25, 0.3) is 0 Å². The molecule has 0 aromatic heterocycles. The first-order valence-electron chi connectivity index (χ1n) is 7.98. The summed E-state index contributed by atoms with van der Waals surface area (Å²) >= 11 is 3.53. The predicted octanol–water partition coefficient (Wildman–Crippen LogP) is 5.14. The highest BCUT2D eigenvalue weighted by Crippen LogP contribution is 2.31. The third-order valence-electron chi connectivity index (χ3n) is 4.18. The molecule has 0 radical (unpaired) electrons. The summed E-state index contributed by atoms with van der Waals surface area (Å²) in [6.07, 6.45) is 3.93. The van der Waals surface area contributed by atoms with Crippen molar-refractivity contribution in [3.8, 4) is 0 Å².